The Hall–Kier alpha value is -1.58. The molecule has 0 aliphatic heterocycles. The van der Waals surface area contributed by atoms with Gasteiger partial charge < -0.3 is 34.6 Å². The van der Waals surface area contributed by atoms with Gasteiger partial charge in [0, 0.05) is 12.2 Å². The molecule has 0 amide bonds. The number of rotatable bonds is 7. The fourth-order valence-corrected chi connectivity index (χ4v) is 2.90. The van der Waals surface area contributed by atoms with Crippen LogP contribution >= 0.6 is 0 Å². The molecule has 0 bridgehead atoms. The molecule has 0 saturated heterocycles. The fourth-order valence-electron chi connectivity index (χ4n) is 2.90. The number of nitrogens with one attached hydrogen (secondary N) is 3. The van der Waals surface area contributed by atoms with Crippen LogP contribution in [0.5, 0.6) is 0 Å². The van der Waals surface area contributed by atoms with E-state index in [2.05, 4.69) is 41.0 Å². The number of anilines is 2. The van der Waals surface area contributed by atoms with Crippen molar-refractivity contribution in [3.8, 4) is 0 Å². The fraction of sp³-hybridized carbons (Fsp3) is 0.261. The molecule has 162 valence electrons. The second-order valence-corrected chi connectivity index (χ2v) is 6.85. The van der Waals surface area contributed by atoms with Crippen LogP contribution in [0.25, 0.3) is 16.7 Å². The van der Waals surface area contributed by atoms with Gasteiger partial charge in [0.2, 0.25) is 0 Å². The van der Waals surface area contributed by atoms with E-state index < -0.39 is 0 Å². The van der Waals surface area contributed by atoms with E-state index in [0.717, 1.165) is 18.5 Å². The van der Waals surface area contributed by atoms with E-state index in [1.165, 1.54) is 12.1 Å². The number of hydrogen-bond donors (Lipinski definition) is 4. The van der Waals surface area contributed by atoms with Gasteiger partial charge >= 0.3 is 51.4 Å². The third kappa shape index (κ3) is 7.80. The first-order chi connectivity index (χ1) is 14.3. The number of aliphatic hydroxyl groups excluding tert-OH is 1. The Morgan fingerprint density at radius 3 is 2.68 bits per heavy atom. The minimum Gasteiger partial charge on any atom is -0.506 e. The Balaban J connectivity index is 0.000000300. The topological polar surface area (TPSA) is 90.0 Å². The molecule has 0 fully saturated rings. The maximum Gasteiger partial charge on any atom is 1.00 e. The summed E-state index contributed by atoms with van der Waals surface area (Å²) in [6.07, 6.45) is 3.41. The zero-order chi connectivity index (χ0) is 22.3. The van der Waals surface area contributed by atoms with Gasteiger partial charge in [0.25, 0.3) is 0 Å². The van der Waals surface area contributed by atoms with E-state index in [1.54, 1.807) is 19.2 Å². The second-order valence-electron chi connectivity index (χ2n) is 6.85. The molecule has 0 spiro atoms. The molecule has 8 heteroatoms. The zero-order valence-electron chi connectivity index (χ0n) is 18.4. The average molecular weight is 451 g/mol. The van der Waals surface area contributed by atoms with Gasteiger partial charge in [-0.15, -0.1) is 12.1 Å². The summed E-state index contributed by atoms with van der Waals surface area (Å²) in [6, 6.07) is 6.45. The predicted octanol–water partition coefficient (Wildman–Crippen LogP) is 1.97. The molecule has 0 saturated carbocycles. The summed E-state index contributed by atoms with van der Waals surface area (Å²) in [5.41, 5.74) is 3.09. The molecule has 2 heterocycles. The van der Waals surface area contributed by atoms with Gasteiger partial charge in [-0.25, -0.2) is 4.39 Å². The molecule has 31 heavy (non-hydrogen) atoms. The van der Waals surface area contributed by atoms with E-state index in [1.807, 2.05) is 13.0 Å². The van der Waals surface area contributed by atoms with Crippen LogP contribution in [-0.2, 0) is 0 Å². The molecule has 0 radical (unpaired) electrons. The van der Waals surface area contributed by atoms with Gasteiger partial charge in [0.05, 0.1) is 17.7 Å². The number of aryl methyl sites for hydroxylation is 1. The van der Waals surface area contributed by atoms with E-state index in [0.29, 0.717) is 34.4 Å². The van der Waals surface area contributed by atoms with Crippen LogP contribution < -0.4 is 67.6 Å². The van der Waals surface area contributed by atoms with Gasteiger partial charge in [-0.05, 0) is 30.6 Å². The van der Waals surface area contributed by atoms with Crippen molar-refractivity contribution in [3.63, 3.8) is 0 Å². The van der Waals surface area contributed by atoms with Gasteiger partial charge in [-0.3, -0.25) is 9.78 Å². The Labute approximate surface area is 225 Å². The molecule has 1 aromatic carbocycles. The van der Waals surface area contributed by atoms with Crippen LogP contribution in [0.3, 0.4) is 0 Å². The number of fused-ring (bicyclic) bond motifs is 1. The van der Waals surface area contributed by atoms with Crippen LogP contribution in [-0.4, -0.2) is 27.7 Å². The number of aromatic amines is 1. The SMILES string of the molecule is C=C(O)c1ccc(NC([CH2-])CC[CH2-])cn1.CCNc1cc(F)cc2c1[nH]c(=O)[c-]2C.[K+]. The van der Waals surface area contributed by atoms with Crippen molar-refractivity contribution in [1.29, 1.82) is 0 Å². The number of nitrogens with zero attached hydrogens (tertiary/aromatic N) is 1. The van der Waals surface area contributed by atoms with Gasteiger partial charge in [-0.2, -0.15) is 11.8 Å². The molecule has 3 rings (SSSR count). The number of pyridine rings is 1. The first-order valence-electron chi connectivity index (χ1n) is 9.72. The zero-order valence-corrected chi connectivity index (χ0v) is 21.5. The Bertz CT molecular complexity index is 1040. The first-order valence-corrected chi connectivity index (χ1v) is 9.72. The Morgan fingerprint density at radius 1 is 1.42 bits per heavy atom. The number of hydrogen-bond acceptors (Lipinski definition) is 5. The maximum absolute atomic E-state index is 13.3. The van der Waals surface area contributed by atoms with E-state index in [4.69, 9.17) is 5.11 Å². The van der Waals surface area contributed by atoms with Crippen molar-refractivity contribution >= 4 is 28.0 Å². The summed E-state index contributed by atoms with van der Waals surface area (Å²) in [6.45, 7) is 15.4. The van der Waals surface area contributed by atoms with Gasteiger partial charge in [0.15, 0.2) is 5.56 Å². The van der Waals surface area contributed by atoms with Crippen molar-refractivity contribution in [2.24, 2.45) is 0 Å². The van der Waals surface area contributed by atoms with Gasteiger partial charge in [-0.1, -0.05) is 25.5 Å². The minimum absolute atomic E-state index is 0. The number of H-pyrrole nitrogens is 1. The van der Waals surface area contributed by atoms with E-state index in [-0.39, 0.29) is 74.6 Å². The number of aliphatic hydroxyl groups is 1. The first kappa shape index (κ1) is 27.5. The number of halogens is 1. The van der Waals surface area contributed by atoms with Crippen molar-refractivity contribution in [2.75, 3.05) is 17.2 Å². The van der Waals surface area contributed by atoms with Crippen LogP contribution in [0.2, 0.25) is 0 Å². The monoisotopic (exact) mass is 450 g/mol. The van der Waals surface area contributed by atoms with Crippen LogP contribution in [0.15, 0.2) is 41.8 Å². The summed E-state index contributed by atoms with van der Waals surface area (Å²) >= 11 is 0. The van der Waals surface area contributed by atoms with Crippen LogP contribution in [0, 0.1) is 26.6 Å². The number of aromatic nitrogens is 2. The summed E-state index contributed by atoms with van der Waals surface area (Å²) < 4.78 is 13.3. The predicted molar refractivity (Wildman–Crippen MR) is 122 cm³/mol. The molecule has 3 aromatic rings. The molecule has 0 aliphatic rings. The molecule has 0 aliphatic carbocycles. The summed E-state index contributed by atoms with van der Waals surface area (Å²) in [7, 11) is 0. The quantitative estimate of drug-likeness (QED) is 0.251. The van der Waals surface area contributed by atoms with Crippen LogP contribution in [0.4, 0.5) is 15.8 Å². The molecule has 1 unspecified atom stereocenters. The number of benzene rings is 1. The Morgan fingerprint density at radius 2 is 2.13 bits per heavy atom. The summed E-state index contributed by atoms with van der Waals surface area (Å²) in [5, 5.41) is 15.9. The molecule has 4 N–H and O–H groups in total. The smallest absolute Gasteiger partial charge is 0.506 e. The molecule has 6 nitrogen and oxygen atoms in total. The van der Waals surface area contributed by atoms with Crippen LogP contribution in [0.1, 0.15) is 31.0 Å². The molecule has 2 aromatic heterocycles. The maximum atomic E-state index is 13.3. The third-order valence-electron chi connectivity index (χ3n) is 4.44. The summed E-state index contributed by atoms with van der Waals surface area (Å²) in [4.78, 5) is 18.2. The summed E-state index contributed by atoms with van der Waals surface area (Å²) in [5.74, 6) is -0.356. The van der Waals surface area contributed by atoms with Crippen molar-refractivity contribution in [3.05, 3.63) is 78.3 Å². The third-order valence-corrected chi connectivity index (χ3v) is 4.44. The standard InChI is InChI=1S/C12H16N2O.C11H12FN2O.K/c1-4-5-9(2)14-11-6-7-12(10(3)15)13-8-11;1-3-13-9-5-7(12)4-8-6(2)11(15)14-10(8)9;/h6-9,14-15H,1-5H2;4-5,13H,3H2,1-2H3,(H,14,15);/q-2;-1;+1. The van der Waals surface area contributed by atoms with Gasteiger partial charge in [0.1, 0.15) is 11.5 Å². The van der Waals surface area contributed by atoms with Crippen molar-refractivity contribution in [1.82, 2.24) is 9.97 Å². The average Bonchev–Trinajstić information content (AvgIpc) is 2.98. The molecular weight excluding hydrogens is 422 g/mol. The van der Waals surface area contributed by atoms with Crippen molar-refractivity contribution in [2.45, 2.75) is 32.7 Å². The van der Waals surface area contributed by atoms with E-state index in [9.17, 15) is 9.18 Å². The van der Waals surface area contributed by atoms with E-state index >= 15 is 0 Å². The second kappa shape index (κ2) is 13.1. The van der Waals surface area contributed by atoms with Crippen molar-refractivity contribution < 1.29 is 60.9 Å². The normalized spacial score (nSPS) is 11.1. The Kier molecular flexibility index (Phi) is 11.6. The molecular formula is C23H28FKN4O2-2. The molecule has 1 atom stereocenters. The largest absolute Gasteiger partial charge is 1.00 e. The minimum atomic E-state index is -0.333.